The monoisotopic (exact) mass is 392 g/mol. The molecule has 0 aromatic heterocycles. The van der Waals surface area contributed by atoms with Crippen LogP contribution in [0, 0.1) is 0 Å². The molecule has 0 fully saturated rings. The second-order valence-corrected chi connectivity index (χ2v) is 7.07. The van der Waals surface area contributed by atoms with Crippen molar-refractivity contribution in [2.45, 2.75) is 89.9 Å². The molecule has 0 bridgehead atoms. The number of rotatable bonds is 20. The number of allylic oxidation sites excluding steroid dienone is 2. The van der Waals surface area contributed by atoms with Gasteiger partial charge in [-0.05, 0) is 38.5 Å². The van der Waals surface area contributed by atoms with E-state index in [0.717, 1.165) is 63.5 Å². The van der Waals surface area contributed by atoms with Gasteiger partial charge in [0, 0.05) is 12.2 Å². The highest BCUT2D eigenvalue weighted by Gasteiger charge is 2.01. The Morgan fingerprint density at radius 1 is 0.536 bits per heavy atom. The number of carbonyl (C=O) groups excluding carboxylic acids is 2. The average molecular weight is 393 g/mol. The smallest absolute Gasteiger partial charge is 0.331 e. The first-order valence-corrected chi connectivity index (χ1v) is 10.9. The van der Waals surface area contributed by atoms with Crippen molar-refractivity contribution in [3.05, 3.63) is 37.5 Å². The van der Waals surface area contributed by atoms with E-state index in [0.29, 0.717) is 13.2 Å². The number of ether oxygens (including phenoxy) is 2. The predicted octanol–water partition coefficient (Wildman–Crippen LogP) is 6.46. The van der Waals surface area contributed by atoms with Crippen molar-refractivity contribution in [3.8, 4) is 0 Å². The van der Waals surface area contributed by atoms with E-state index in [1.807, 2.05) is 12.2 Å². The first kappa shape index (κ1) is 26.2. The maximum absolute atomic E-state index is 11.5. The summed E-state index contributed by atoms with van der Waals surface area (Å²) in [5.74, 6) is -0.968. The van der Waals surface area contributed by atoms with Gasteiger partial charge in [-0.1, -0.05) is 63.5 Å². The summed E-state index contributed by atoms with van der Waals surface area (Å²) >= 11 is 0. The first-order chi connectivity index (χ1) is 13.7. The Bertz CT molecular complexity index is 400. The predicted molar refractivity (Wildman–Crippen MR) is 116 cm³/mol. The molecular weight excluding hydrogens is 352 g/mol. The fraction of sp³-hybridized carbons (Fsp3) is 0.667. The van der Waals surface area contributed by atoms with Crippen LogP contribution in [0.2, 0.25) is 0 Å². The molecule has 0 aromatic carbocycles. The summed E-state index contributed by atoms with van der Waals surface area (Å²) in [5, 5.41) is 0. The van der Waals surface area contributed by atoms with Gasteiger partial charge in [-0.3, -0.25) is 0 Å². The number of carbonyl (C=O) groups is 2. The molecule has 28 heavy (non-hydrogen) atoms. The zero-order valence-corrected chi connectivity index (χ0v) is 17.7. The molecule has 0 unspecified atom stereocenters. The van der Waals surface area contributed by atoms with E-state index in [9.17, 15) is 9.59 Å². The molecular formula is C24H40O4. The van der Waals surface area contributed by atoms with E-state index < -0.39 is 11.9 Å². The molecule has 0 spiro atoms. The molecule has 0 saturated heterocycles. The van der Waals surface area contributed by atoms with E-state index in [4.69, 9.17) is 9.47 Å². The lowest BCUT2D eigenvalue weighted by atomic mass is 10.1. The fourth-order valence-corrected chi connectivity index (χ4v) is 2.77. The minimum absolute atomic E-state index is 0.400. The van der Waals surface area contributed by atoms with Crippen LogP contribution in [-0.2, 0) is 19.1 Å². The molecule has 0 N–H and O–H groups in total. The minimum Gasteiger partial charge on any atom is -0.463 e. The van der Waals surface area contributed by atoms with Gasteiger partial charge in [0.25, 0.3) is 0 Å². The van der Waals surface area contributed by atoms with Crippen LogP contribution in [0.1, 0.15) is 89.9 Å². The van der Waals surface area contributed by atoms with Crippen LogP contribution >= 0.6 is 0 Å². The van der Waals surface area contributed by atoms with Gasteiger partial charge in [-0.15, -0.1) is 13.2 Å². The highest BCUT2D eigenvalue weighted by atomic mass is 16.5. The van der Waals surface area contributed by atoms with Crippen LogP contribution < -0.4 is 0 Å². The van der Waals surface area contributed by atoms with Crippen molar-refractivity contribution in [1.82, 2.24) is 0 Å². The molecule has 4 heteroatoms. The third-order valence-electron chi connectivity index (χ3n) is 4.45. The van der Waals surface area contributed by atoms with E-state index in [2.05, 4.69) is 13.2 Å². The van der Waals surface area contributed by atoms with Crippen LogP contribution in [0.4, 0.5) is 0 Å². The highest BCUT2D eigenvalue weighted by Crippen LogP contribution is 2.08. The van der Waals surface area contributed by atoms with Crippen molar-refractivity contribution in [2.24, 2.45) is 0 Å². The van der Waals surface area contributed by atoms with E-state index in [-0.39, 0.29) is 0 Å². The van der Waals surface area contributed by atoms with Gasteiger partial charge in [0.2, 0.25) is 0 Å². The third kappa shape index (κ3) is 20.5. The summed E-state index contributed by atoms with van der Waals surface area (Å²) in [4.78, 5) is 23.1. The van der Waals surface area contributed by atoms with Crippen molar-refractivity contribution < 1.29 is 19.1 Å². The third-order valence-corrected chi connectivity index (χ3v) is 4.45. The molecule has 0 aliphatic heterocycles. The maximum Gasteiger partial charge on any atom is 0.331 e. The molecule has 0 aliphatic carbocycles. The second-order valence-electron chi connectivity index (χ2n) is 7.07. The summed E-state index contributed by atoms with van der Waals surface area (Å²) in [6, 6.07) is 0. The summed E-state index contributed by atoms with van der Waals surface area (Å²) in [6.45, 7) is 8.22. The lowest BCUT2D eigenvalue weighted by Gasteiger charge is -2.03. The molecule has 0 radical (unpaired) electrons. The molecule has 0 atom stereocenters. The summed E-state index contributed by atoms with van der Waals surface area (Å²) in [7, 11) is 0. The van der Waals surface area contributed by atoms with Crippen LogP contribution in [0.25, 0.3) is 0 Å². The number of hydrogen-bond acceptors (Lipinski definition) is 4. The highest BCUT2D eigenvalue weighted by molar-refractivity contribution is 5.91. The van der Waals surface area contributed by atoms with Crippen LogP contribution in [0.3, 0.4) is 0 Å². The molecule has 4 nitrogen and oxygen atoms in total. The Kier molecular flexibility index (Phi) is 20.0. The SMILES string of the molecule is C=CCCCCCCCCOC(=O)C=CC(=O)OCCCCCCCCC=C. The molecule has 0 aromatic rings. The Morgan fingerprint density at radius 2 is 0.857 bits per heavy atom. The standard InChI is InChI=1S/C24H40O4/c1-3-5-7-9-11-13-15-17-21-27-23(25)19-20-24(26)28-22-18-16-14-12-10-8-6-4-2/h3-4,19-20H,1-2,5-18,21-22H2. The van der Waals surface area contributed by atoms with E-state index in [1.54, 1.807) is 0 Å². The summed E-state index contributed by atoms with van der Waals surface area (Å²) < 4.78 is 10.2. The largest absolute Gasteiger partial charge is 0.463 e. The van der Waals surface area contributed by atoms with E-state index in [1.165, 1.54) is 38.5 Å². The van der Waals surface area contributed by atoms with Gasteiger partial charge in [-0.2, -0.15) is 0 Å². The Labute approximate surface area is 172 Å². The first-order valence-electron chi connectivity index (χ1n) is 10.9. The van der Waals surface area contributed by atoms with Gasteiger partial charge < -0.3 is 9.47 Å². The zero-order valence-electron chi connectivity index (χ0n) is 17.7. The summed E-state index contributed by atoms with van der Waals surface area (Å²) in [6.07, 6.45) is 21.8. The number of esters is 2. The van der Waals surface area contributed by atoms with Gasteiger partial charge in [-0.25, -0.2) is 9.59 Å². The van der Waals surface area contributed by atoms with Crippen molar-refractivity contribution in [3.63, 3.8) is 0 Å². The van der Waals surface area contributed by atoms with Crippen molar-refractivity contribution in [2.75, 3.05) is 13.2 Å². The van der Waals surface area contributed by atoms with Crippen LogP contribution in [0.5, 0.6) is 0 Å². The van der Waals surface area contributed by atoms with Crippen LogP contribution in [-0.4, -0.2) is 25.2 Å². The maximum atomic E-state index is 11.5. The molecule has 0 aliphatic rings. The van der Waals surface area contributed by atoms with Crippen molar-refractivity contribution >= 4 is 11.9 Å². The second kappa shape index (κ2) is 21.5. The Balaban J connectivity index is 3.45. The van der Waals surface area contributed by atoms with Gasteiger partial charge in [0.05, 0.1) is 13.2 Å². The van der Waals surface area contributed by atoms with Crippen molar-refractivity contribution in [1.29, 1.82) is 0 Å². The van der Waals surface area contributed by atoms with Gasteiger partial charge in [0.15, 0.2) is 0 Å². The summed E-state index contributed by atoms with van der Waals surface area (Å²) in [5.41, 5.74) is 0. The zero-order chi connectivity index (χ0) is 20.7. The quantitative estimate of drug-likeness (QED) is 0.103. The number of unbranched alkanes of at least 4 members (excludes halogenated alkanes) is 12. The molecule has 0 heterocycles. The fourth-order valence-electron chi connectivity index (χ4n) is 2.77. The minimum atomic E-state index is -0.484. The van der Waals surface area contributed by atoms with E-state index >= 15 is 0 Å². The Morgan fingerprint density at radius 3 is 1.21 bits per heavy atom. The van der Waals surface area contributed by atoms with Gasteiger partial charge in [0.1, 0.15) is 0 Å². The van der Waals surface area contributed by atoms with Gasteiger partial charge >= 0.3 is 11.9 Å². The number of hydrogen-bond donors (Lipinski definition) is 0. The topological polar surface area (TPSA) is 52.6 Å². The molecule has 0 amide bonds. The molecule has 0 rings (SSSR count). The van der Waals surface area contributed by atoms with Crippen LogP contribution in [0.15, 0.2) is 37.5 Å². The molecule has 160 valence electrons. The Hall–Kier alpha value is -1.84. The average Bonchev–Trinajstić information content (AvgIpc) is 2.69. The lowest BCUT2D eigenvalue weighted by molar-refractivity contribution is -0.140. The molecule has 0 saturated carbocycles. The lowest BCUT2D eigenvalue weighted by Crippen LogP contribution is -2.06. The normalized spacial score (nSPS) is 10.7.